The van der Waals surface area contributed by atoms with Crippen molar-refractivity contribution in [3.8, 4) is 0 Å². The molecule has 0 rings (SSSR count). The standard InChI is InChI=1S/C5H7N.Y/c1-5(2)3-4-6;/h1,3H,6H2,2H3;/q-2;. The molecule has 0 aromatic carbocycles. The summed E-state index contributed by atoms with van der Waals surface area (Å²) in [5.74, 6) is 0. The van der Waals surface area contributed by atoms with Crippen LogP contribution in [0.25, 0.3) is 0 Å². The third kappa shape index (κ3) is 10.7. The molecule has 0 aromatic heterocycles. The van der Waals surface area contributed by atoms with E-state index in [9.17, 15) is 0 Å². The Bertz CT molecular complexity index is 76.1. The minimum Gasteiger partial charge on any atom is -0.508 e. The van der Waals surface area contributed by atoms with Crippen LogP contribution in [-0.4, -0.2) is 0 Å². The fraction of sp³-hybridized carbons (Fsp3) is 0.200. The Labute approximate surface area is 69.5 Å². The molecule has 0 unspecified atom stereocenters. The predicted molar refractivity (Wildman–Crippen MR) is 25.5 cm³/mol. The second-order valence-corrected chi connectivity index (χ2v) is 1.06. The zero-order valence-corrected chi connectivity index (χ0v) is 7.15. The molecule has 0 aliphatic heterocycles. The molecule has 2 N–H and O–H groups in total. The fourth-order valence-corrected chi connectivity index (χ4v) is 0.131. The van der Waals surface area contributed by atoms with Gasteiger partial charge in [0, 0.05) is 32.7 Å². The summed E-state index contributed by atoms with van der Waals surface area (Å²) < 4.78 is 0. The zero-order chi connectivity index (χ0) is 4.99. The van der Waals surface area contributed by atoms with Gasteiger partial charge in [-0.3, -0.25) is 6.20 Å². The third-order valence-electron chi connectivity index (χ3n) is 0.311. The molecule has 0 aromatic rings. The van der Waals surface area contributed by atoms with Crippen LogP contribution in [-0.2, 0) is 32.7 Å². The second kappa shape index (κ2) is 6.38. The monoisotopic (exact) mass is 170 g/mol. The maximum atomic E-state index is 5.12. The molecule has 1 nitrogen and oxygen atoms in total. The summed E-state index contributed by atoms with van der Waals surface area (Å²) in [5.41, 5.74) is 5.50. The van der Waals surface area contributed by atoms with E-state index in [4.69, 9.17) is 12.3 Å². The van der Waals surface area contributed by atoms with Gasteiger partial charge < -0.3 is 24.0 Å². The molecule has 0 aliphatic carbocycles. The van der Waals surface area contributed by atoms with Crippen molar-refractivity contribution in [2.24, 2.45) is 5.73 Å². The summed E-state index contributed by atoms with van der Waals surface area (Å²) in [4.78, 5) is 0. The van der Waals surface area contributed by atoms with Crippen molar-refractivity contribution in [1.82, 2.24) is 0 Å². The van der Waals surface area contributed by atoms with Crippen LogP contribution in [0.4, 0.5) is 0 Å². The maximum Gasteiger partial charge on any atom is 0 e. The van der Waals surface area contributed by atoms with Gasteiger partial charge in [0.05, 0.1) is 0 Å². The van der Waals surface area contributed by atoms with Crippen molar-refractivity contribution >= 4 is 0 Å². The van der Waals surface area contributed by atoms with Gasteiger partial charge in [-0.1, -0.05) is 0 Å². The third-order valence-corrected chi connectivity index (χ3v) is 0.311. The smallest absolute Gasteiger partial charge is 0 e. The molecule has 0 aliphatic rings. The van der Waals surface area contributed by atoms with Gasteiger partial charge in [-0.05, 0) is 0 Å². The number of hydrogen-bond acceptors (Lipinski definition) is 1. The Kier molecular flexibility index (Phi) is 9.47. The quantitative estimate of drug-likeness (QED) is 0.348. The molecule has 0 bridgehead atoms. The Morgan fingerprint density at radius 3 is 2.29 bits per heavy atom. The molecule has 0 saturated carbocycles. The van der Waals surface area contributed by atoms with Crippen LogP contribution in [0.3, 0.4) is 0 Å². The number of hydrogen-bond donors (Lipinski definition) is 1. The van der Waals surface area contributed by atoms with Crippen LogP contribution in [0.1, 0.15) is 6.92 Å². The predicted octanol–water partition coefficient (Wildman–Crippen LogP) is 0.639. The van der Waals surface area contributed by atoms with Gasteiger partial charge in [0.2, 0.25) is 0 Å². The maximum absolute atomic E-state index is 5.12. The SMILES string of the molecule is [CH-]=C(C)C=[C-]N.[Y]. The van der Waals surface area contributed by atoms with E-state index in [0.29, 0.717) is 5.57 Å². The molecule has 2 heteroatoms. The summed E-state index contributed by atoms with van der Waals surface area (Å²) in [6, 6.07) is 0. The van der Waals surface area contributed by atoms with Crippen LogP contribution in [0.2, 0.25) is 0 Å². The molecule has 37 valence electrons. The van der Waals surface area contributed by atoms with Crippen molar-refractivity contribution in [3.05, 3.63) is 24.4 Å². The second-order valence-electron chi connectivity index (χ2n) is 1.06. The molecular weight excluding hydrogens is 163 g/mol. The van der Waals surface area contributed by atoms with E-state index >= 15 is 0 Å². The van der Waals surface area contributed by atoms with E-state index in [2.05, 4.69) is 6.20 Å². The zero-order valence-electron chi connectivity index (χ0n) is 4.31. The summed E-state index contributed by atoms with van der Waals surface area (Å²) in [7, 11) is 0. The molecule has 0 atom stereocenters. The minimum absolute atomic E-state index is 0. The first-order valence-corrected chi connectivity index (χ1v) is 1.65. The van der Waals surface area contributed by atoms with Crippen molar-refractivity contribution in [2.75, 3.05) is 0 Å². The van der Waals surface area contributed by atoms with Crippen LogP contribution < -0.4 is 5.73 Å². The largest absolute Gasteiger partial charge is 0.508 e. The van der Waals surface area contributed by atoms with E-state index in [-0.39, 0.29) is 32.7 Å². The van der Waals surface area contributed by atoms with Gasteiger partial charge >= 0.3 is 0 Å². The van der Waals surface area contributed by atoms with Crippen LogP contribution in [0, 0.1) is 12.8 Å². The normalized spacial score (nSPS) is 8.14. The first-order chi connectivity index (χ1) is 2.77. The number of rotatable bonds is 1. The Balaban J connectivity index is 0. The Hall–Kier alpha value is 0.384. The van der Waals surface area contributed by atoms with Gasteiger partial charge in [0.15, 0.2) is 0 Å². The van der Waals surface area contributed by atoms with Gasteiger partial charge in [0.25, 0.3) is 0 Å². The van der Waals surface area contributed by atoms with Crippen molar-refractivity contribution in [1.29, 1.82) is 0 Å². The summed E-state index contributed by atoms with van der Waals surface area (Å²) in [6.07, 6.45) is 3.79. The molecule has 1 radical (unpaired) electrons. The number of allylic oxidation sites excluding steroid dienone is 2. The van der Waals surface area contributed by atoms with E-state index in [1.54, 1.807) is 6.92 Å². The Morgan fingerprint density at radius 2 is 2.29 bits per heavy atom. The first kappa shape index (κ1) is 10.4. The molecule has 0 saturated heterocycles. The van der Waals surface area contributed by atoms with Crippen LogP contribution >= 0.6 is 0 Å². The molecular formula is C5H7NY-2. The first-order valence-electron chi connectivity index (χ1n) is 1.65. The van der Waals surface area contributed by atoms with Crippen LogP contribution in [0.15, 0.2) is 11.6 Å². The van der Waals surface area contributed by atoms with Gasteiger partial charge in [-0.2, -0.15) is 0 Å². The average molecular weight is 170 g/mol. The van der Waals surface area contributed by atoms with Crippen LogP contribution in [0.5, 0.6) is 0 Å². The van der Waals surface area contributed by atoms with Crippen molar-refractivity contribution in [2.45, 2.75) is 6.92 Å². The van der Waals surface area contributed by atoms with Gasteiger partial charge in [0.1, 0.15) is 0 Å². The molecule has 7 heavy (non-hydrogen) atoms. The molecule has 0 heterocycles. The van der Waals surface area contributed by atoms with Gasteiger partial charge in [-0.25, -0.2) is 0 Å². The summed E-state index contributed by atoms with van der Waals surface area (Å²) in [6.45, 7) is 6.87. The molecule has 0 amide bonds. The molecule has 0 fully saturated rings. The van der Waals surface area contributed by atoms with E-state index in [0.717, 1.165) is 0 Å². The number of nitrogens with two attached hydrogens (primary N) is 1. The van der Waals surface area contributed by atoms with E-state index in [1.807, 2.05) is 0 Å². The van der Waals surface area contributed by atoms with E-state index < -0.39 is 0 Å². The minimum atomic E-state index is 0. The fourth-order valence-electron chi connectivity index (χ4n) is 0.131. The van der Waals surface area contributed by atoms with E-state index in [1.165, 1.54) is 6.08 Å². The van der Waals surface area contributed by atoms with Crippen molar-refractivity contribution < 1.29 is 32.7 Å². The molecule has 0 spiro atoms. The topological polar surface area (TPSA) is 26.0 Å². The summed E-state index contributed by atoms with van der Waals surface area (Å²) in [5, 5.41) is 0. The van der Waals surface area contributed by atoms with Crippen molar-refractivity contribution in [3.63, 3.8) is 0 Å². The average Bonchev–Trinajstić information content (AvgIpc) is 1.35. The van der Waals surface area contributed by atoms with Gasteiger partial charge in [-0.15, -0.1) is 6.92 Å². The summed E-state index contributed by atoms with van der Waals surface area (Å²) >= 11 is 0. The Morgan fingerprint density at radius 1 is 1.86 bits per heavy atom.